The number of ether oxygens (including phenoxy) is 3. The van der Waals surface area contributed by atoms with E-state index in [-0.39, 0.29) is 11.4 Å². The van der Waals surface area contributed by atoms with Crippen LogP contribution in [0, 0.1) is 5.92 Å². The van der Waals surface area contributed by atoms with Gasteiger partial charge >= 0.3 is 5.97 Å². The molecule has 0 spiro atoms. The number of benzene rings is 2. The smallest absolute Gasteiger partial charge is 0.312 e. The number of aromatic nitrogens is 1. The molecule has 2 N–H and O–H groups in total. The van der Waals surface area contributed by atoms with Crippen molar-refractivity contribution >= 4 is 21.9 Å². The maximum Gasteiger partial charge on any atom is 0.312 e. The van der Waals surface area contributed by atoms with Gasteiger partial charge in [0.1, 0.15) is 6.10 Å². The summed E-state index contributed by atoms with van der Waals surface area (Å²) in [5, 5.41) is 24.0. The molecule has 2 heterocycles. The molecule has 0 unspecified atom stereocenters. The van der Waals surface area contributed by atoms with Crippen LogP contribution in [0.3, 0.4) is 0 Å². The van der Waals surface area contributed by atoms with E-state index in [4.69, 9.17) is 14.2 Å². The van der Waals surface area contributed by atoms with Gasteiger partial charge in [-0.15, -0.1) is 0 Å². The zero-order valence-electron chi connectivity index (χ0n) is 17.9. The molecule has 2 aromatic carbocycles. The van der Waals surface area contributed by atoms with Gasteiger partial charge in [0.05, 0.1) is 25.7 Å². The lowest BCUT2D eigenvalue weighted by atomic mass is 9.71. The van der Waals surface area contributed by atoms with Crippen LogP contribution in [0.25, 0.3) is 0 Å². The third-order valence-electron chi connectivity index (χ3n) is 6.75. The van der Waals surface area contributed by atoms with Gasteiger partial charge in [0.25, 0.3) is 0 Å². The van der Waals surface area contributed by atoms with Gasteiger partial charge in [-0.3, -0.25) is 4.79 Å². The fourth-order valence-electron chi connectivity index (χ4n) is 5.37. The summed E-state index contributed by atoms with van der Waals surface area (Å²) in [6, 6.07) is 19.7. The van der Waals surface area contributed by atoms with Crippen molar-refractivity contribution in [3.63, 3.8) is 0 Å². The number of halogens is 1. The Morgan fingerprint density at radius 2 is 1.76 bits per heavy atom. The highest BCUT2D eigenvalue weighted by molar-refractivity contribution is 9.10. The van der Waals surface area contributed by atoms with Gasteiger partial charge in [-0.05, 0) is 29.3 Å². The number of aliphatic hydroxyl groups is 2. The zero-order valence-corrected chi connectivity index (χ0v) is 19.5. The molecule has 0 radical (unpaired) electrons. The first-order chi connectivity index (χ1) is 15.9. The molecule has 0 amide bonds. The molecule has 1 fully saturated rings. The van der Waals surface area contributed by atoms with E-state index in [9.17, 15) is 15.0 Å². The quantitative estimate of drug-likeness (QED) is 0.518. The van der Waals surface area contributed by atoms with Crippen molar-refractivity contribution in [1.29, 1.82) is 0 Å². The number of carbonyl (C=O) groups is 1. The zero-order chi connectivity index (χ0) is 23.4. The number of aliphatic hydroxyl groups excluding tert-OH is 1. The summed E-state index contributed by atoms with van der Waals surface area (Å²) < 4.78 is 17.7. The fourth-order valence-corrected chi connectivity index (χ4v) is 5.63. The van der Waals surface area contributed by atoms with Crippen LogP contribution in [0.1, 0.15) is 22.6 Å². The van der Waals surface area contributed by atoms with Gasteiger partial charge in [-0.25, -0.2) is 0 Å². The van der Waals surface area contributed by atoms with E-state index < -0.39 is 35.1 Å². The Bertz CT molecular complexity index is 1200. The number of hydrogen-bond donors (Lipinski definition) is 2. The van der Waals surface area contributed by atoms with Crippen LogP contribution < -0.4 is 9.47 Å². The first-order valence-electron chi connectivity index (χ1n) is 10.4. The van der Waals surface area contributed by atoms with Crippen LogP contribution in [-0.4, -0.2) is 41.5 Å². The predicted molar refractivity (Wildman–Crippen MR) is 122 cm³/mol. The Morgan fingerprint density at radius 1 is 1.06 bits per heavy atom. The minimum Gasteiger partial charge on any atom is -0.481 e. The van der Waals surface area contributed by atoms with Crippen molar-refractivity contribution < 1.29 is 29.2 Å². The van der Waals surface area contributed by atoms with Gasteiger partial charge in [-0.2, -0.15) is 4.98 Å². The highest BCUT2D eigenvalue weighted by Crippen LogP contribution is 2.68. The summed E-state index contributed by atoms with van der Waals surface area (Å²) in [7, 11) is 2.75. The number of hydrogen-bond acceptors (Lipinski definition) is 7. The van der Waals surface area contributed by atoms with Crippen LogP contribution >= 0.6 is 15.9 Å². The maximum absolute atomic E-state index is 13.0. The topological polar surface area (TPSA) is 98.1 Å². The monoisotopic (exact) mass is 511 g/mol. The maximum atomic E-state index is 13.0. The molecule has 8 heteroatoms. The van der Waals surface area contributed by atoms with Gasteiger partial charge in [0.15, 0.2) is 11.2 Å². The van der Waals surface area contributed by atoms with Gasteiger partial charge in [0.2, 0.25) is 11.8 Å². The molecule has 33 heavy (non-hydrogen) atoms. The van der Waals surface area contributed by atoms with Crippen molar-refractivity contribution in [1.82, 2.24) is 4.98 Å². The minimum atomic E-state index is -1.99. The lowest BCUT2D eigenvalue weighted by molar-refractivity contribution is -0.161. The van der Waals surface area contributed by atoms with Gasteiger partial charge in [-0.1, -0.05) is 58.4 Å². The average molecular weight is 512 g/mol. The van der Waals surface area contributed by atoms with Crippen molar-refractivity contribution in [2.75, 3.05) is 14.2 Å². The first kappa shape index (κ1) is 21.9. The molecule has 1 aliphatic carbocycles. The lowest BCUT2D eigenvalue weighted by Crippen LogP contribution is -2.52. The predicted octanol–water partition coefficient (Wildman–Crippen LogP) is 3.28. The van der Waals surface area contributed by atoms with Crippen LogP contribution in [0.2, 0.25) is 0 Å². The fraction of sp³-hybridized carbons (Fsp3) is 0.280. The van der Waals surface area contributed by atoms with Crippen molar-refractivity contribution in [2.24, 2.45) is 5.92 Å². The molecule has 0 bridgehead atoms. The van der Waals surface area contributed by atoms with E-state index >= 15 is 0 Å². The van der Waals surface area contributed by atoms with Crippen LogP contribution in [-0.2, 0) is 20.7 Å². The molecule has 2 aliphatic rings. The summed E-state index contributed by atoms with van der Waals surface area (Å²) in [5.41, 5.74) is -1.97. The molecule has 3 aromatic rings. The van der Waals surface area contributed by atoms with Gasteiger partial charge in [0, 0.05) is 16.5 Å². The normalized spacial score (nSPS) is 29.7. The molecule has 1 saturated carbocycles. The second-order valence-electron chi connectivity index (χ2n) is 8.20. The Hall–Kier alpha value is -2.94. The minimum absolute atomic E-state index is 0.142. The third-order valence-corrected chi connectivity index (χ3v) is 7.28. The number of carbonyl (C=O) groups excluding carboxylic acids is 1. The Labute approximate surface area is 199 Å². The van der Waals surface area contributed by atoms with Crippen LogP contribution in [0.15, 0.2) is 71.2 Å². The SMILES string of the molecule is COC(=O)[C@H]1[C@@H](O)[C@@]2(O)c3ccc(OC)nc3O[C@@]2(c2ccc(Br)cc2)[C@@H]1c1ccccc1. The lowest BCUT2D eigenvalue weighted by Gasteiger charge is -2.40. The van der Waals surface area contributed by atoms with E-state index in [2.05, 4.69) is 20.9 Å². The average Bonchev–Trinajstić information content (AvgIpc) is 3.22. The molecular formula is C25H22BrNO6. The number of pyridine rings is 1. The second-order valence-corrected chi connectivity index (χ2v) is 9.12. The van der Waals surface area contributed by atoms with Crippen molar-refractivity contribution in [3.8, 4) is 11.8 Å². The Morgan fingerprint density at radius 3 is 2.39 bits per heavy atom. The second kappa shape index (κ2) is 7.83. The van der Waals surface area contributed by atoms with Crippen molar-refractivity contribution in [3.05, 3.63) is 87.9 Å². The first-order valence-corrected chi connectivity index (χ1v) is 11.2. The third kappa shape index (κ3) is 2.87. The summed E-state index contributed by atoms with van der Waals surface area (Å²) in [6.07, 6.45) is -1.53. The number of rotatable bonds is 4. The Kier molecular flexibility index (Phi) is 5.19. The highest BCUT2D eigenvalue weighted by Gasteiger charge is 2.78. The van der Waals surface area contributed by atoms with Crippen LogP contribution in [0.5, 0.6) is 11.8 Å². The van der Waals surface area contributed by atoms with Gasteiger partial charge < -0.3 is 24.4 Å². The summed E-state index contributed by atoms with van der Waals surface area (Å²) in [4.78, 5) is 17.4. The highest BCUT2D eigenvalue weighted by atomic mass is 79.9. The molecule has 1 aromatic heterocycles. The molecule has 170 valence electrons. The number of esters is 1. The van der Waals surface area contributed by atoms with E-state index in [1.165, 1.54) is 14.2 Å². The van der Waals surface area contributed by atoms with Crippen LogP contribution in [0.4, 0.5) is 0 Å². The number of nitrogens with zero attached hydrogens (tertiary/aromatic N) is 1. The molecule has 5 atom stereocenters. The summed E-state index contributed by atoms with van der Waals surface area (Å²) in [6.45, 7) is 0. The summed E-state index contributed by atoms with van der Waals surface area (Å²) >= 11 is 3.45. The molecule has 7 nitrogen and oxygen atoms in total. The summed E-state index contributed by atoms with van der Waals surface area (Å²) in [5.74, 6) is -2.07. The van der Waals surface area contributed by atoms with Crippen molar-refractivity contribution in [2.45, 2.75) is 23.2 Å². The van der Waals surface area contributed by atoms with E-state index in [1.54, 1.807) is 24.3 Å². The Balaban J connectivity index is 1.85. The standard InChI is InChI=1S/C25H22BrNO6/c1-31-18-13-12-17-22(27-18)33-25(15-8-10-16(26)11-9-15)20(14-6-4-3-5-7-14)19(23(29)32-2)21(28)24(17,25)30/h3-13,19-21,28,30H,1-2H3/t19-,20-,21-,24+,25+/m1/s1. The molecular weight excluding hydrogens is 490 g/mol. The number of fused-ring (bicyclic) bond motifs is 3. The van der Waals surface area contributed by atoms with E-state index in [1.807, 2.05) is 42.5 Å². The largest absolute Gasteiger partial charge is 0.481 e. The van der Waals surface area contributed by atoms with E-state index in [0.717, 1.165) is 4.47 Å². The number of methoxy groups -OCH3 is 2. The molecule has 5 rings (SSSR count). The molecule has 0 saturated heterocycles. The molecule has 1 aliphatic heterocycles. The van der Waals surface area contributed by atoms with E-state index in [0.29, 0.717) is 17.0 Å².